The Kier molecular flexibility index (Phi) is 4.71. The average molecular weight is 269 g/mol. The van der Waals surface area contributed by atoms with E-state index in [2.05, 4.69) is 22.5 Å². The Morgan fingerprint density at radius 1 is 1.15 bits per heavy atom. The number of carbonyl (C=O) groups excluding carboxylic acids is 1. The summed E-state index contributed by atoms with van der Waals surface area (Å²) in [6.45, 7) is 4.98. The molecular formula is C16H19N3O. The van der Waals surface area contributed by atoms with E-state index in [9.17, 15) is 4.79 Å². The van der Waals surface area contributed by atoms with Crippen LogP contribution in [0.1, 0.15) is 29.4 Å². The third-order valence-electron chi connectivity index (χ3n) is 2.88. The summed E-state index contributed by atoms with van der Waals surface area (Å²) in [6, 6.07) is 11.3. The molecular weight excluding hydrogens is 250 g/mol. The van der Waals surface area contributed by atoms with Crippen molar-refractivity contribution in [2.75, 3.05) is 17.2 Å². The third kappa shape index (κ3) is 3.82. The van der Waals surface area contributed by atoms with Crippen molar-refractivity contribution in [3.63, 3.8) is 0 Å². The molecule has 2 N–H and O–H groups in total. The molecule has 2 rings (SSSR count). The maximum absolute atomic E-state index is 12.1. The van der Waals surface area contributed by atoms with Crippen LogP contribution in [-0.4, -0.2) is 17.4 Å². The quantitative estimate of drug-likeness (QED) is 0.874. The molecule has 0 unspecified atom stereocenters. The van der Waals surface area contributed by atoms with E-state index in [0.717, 1.165) is 29.9 Å². The highest BCUT2D eigenvalue weighted by atomic mass is 16.1. The van der Waals surface area contributed by atoms with E-state index in [0.29, 0.717) is 5.69 Å². The van der Waals surface area contributed by atoms with Crippen molar-refractivity contribution in [1.29, 1.82) is 0 Å². The Labute approximate surface area is 119 Å². The van der Waals surface area contributed by atoms with Gasteiger partial charge in [0.1, 0.15) is 5.69 Å². The maximum Gasteiger partial charge on any atom is 0.274 e. The van der Waals surface area contributed by atoms with Crippen LogP contribution in [0.3, 0.4) is 0 Å². The molecule has 1 amide bonds. The summed E-state index contributed by atoms with van der Waals surface area (Å²) in [5.41, 5.74) is 3.25. The molecule has 2 aromatic rings. The van der Waals surface area contributed by atoms with E-state index in [-0.39, 0.29) is 5.91 Å². The van der Waals surface area contributed by atoms with E-state index in [1.54, 1.807) is 12.3 Å². The summed E-state index contributed by atoms with van der Waals surface area (Å²) in [6.07, 6.45) is 2.68. The van der Waals surface area contributed by atoms with Crippen molar-refractivity contribution in [2.24, 2.45) is 0 Å². The van der Waals surface area contributed by atoms with Gasteiger partial charge in [-0.25, -0.2) is 0 Å². The Balaban J connectivity index is 2.06. The molecule has 0 aliphatic heterocycles. The molecule has 0 aliphatic carbocycles. The van der Waals surface area contributed by atoms with Crippen molar-refractivity contribution < 1.29 is 4.79 Å². The first-order chi connectivity index (χ1) is 9.69. The summed E-state index contributed by atoms with van der Waals surface area (Å²) in [4.78, 5) is 16.2. The van der Waals surface area contributed by atoms with Gasteiger partial charge in [0.15, 0.2) is 0 Å². The molecule has 0 saturated heterocycles. The van der Waals surface area contributed by atoms with E-state index in [4.69, 9.17) is 0 Å². The van der Waals surface area contributed by atoms with E-state index >= 15 is 0 Å². The number of benzene rings is 1. The highest BCUT2D eigenvalue weighted by molar-refractivity contribution is 6.03. The predicted molar refractivity (Wildman–Crippen MR) is 82.1 cm³/mol. The topological polar surface area (TPSA) is 54.0 Å². The number of amides is 1. The van der Waals surface area contributed by atoms with Crippen molar-refractivity contribution in [2.45, 2.75) is 20.3 Å². The van der Waals surface area contributed by atoms with Crippen molar-refractivity contribution >= 4 is 17.3 Å². The first-order valence-electron chi connectivity index (χ1n) is 6.77. The van der Waals surface area contributed by atoms with E-state index < -0.39 is 0 Å². The number of carbonyl (C=O) groups is 1. The highest BCUT2D eigenvalue weighted by Gasteiger charge is 2.08. The second-order valence-electron chi connectivity index (χ2n) is 4.68. The van der Waals surface area contributed by atoms with Gasteiger partial charge in [-0.15, -0.1) is 0 Å². The second kappa shape index (κ2) is 6.70. The minimum absolute atomic E-state index is 0.200. The van der Waals surface area contributed by atoms with Gasteiger partial charge in [-0.3, -0.25) is 9.78 Å². The third-order valence-corrected chi connectivity index (χ3v) is 2.88. The predicted octanol–water partition coefficient (Wildman–Crippen LogP) is 3.46. The molecule has 4 nitrogen and oxygen atoms in total. The number of pyridine rings is 1. The second-order valence-corrected chi connectivity index (χ2v) is 4.68. The average Bonchev–Trinajstić information content (AvgIpc) is 2.48. The van der Waals surface area contributed by atoms with Crippen molar-refractivity contribution in [3.8, 4) is 0 Å². The summed E-state index contributed by atoms with van der Waals surface area (Å²) in [5.74, 6) is -0.200. The maximum atomic E-state index is 12.1. The molecule has 104 valence electrons. The monoisotopic (exact) mass is 269 g/mol. The Morgan fingerprint density at radius 3 is 2.60 bits per heavy atom. The Bertz CT molecular complexity index is 579. The van der Waals surface area contributed by atoms with Crippen molar-refractivity contribution in [3.05, 3.63) is 53.9 Å². The number of hydrogen-bond acceptors (Lipinski definition) is 3. The van der Waals surface area contributed by atoms with Gasteiger partial charge >= 0.3 is 0 Å². The fourth-order valence-corrected chi connectivity index (χ4v) is 1.77. The molecule has 0 atom stereocenters. The van der Waals surface area contributed by atoms with Crippen LogP contribution in [0.4, 0.5) is 11.4 Å². The normalized spacial score (nSPS) is 10.1. The molecule has 1 heterocycles. The number of anilines is 2. The van der Waals surface area contributed by atoms with Crippen molar-refractivity contribution in [1.82, 2.24) is 4.98 Å². The number of aryl methyl sites for hydroxylation is 1. The standard InChI is InChI=1S/C16H19N3O/c1-3-9-17-14-8-10-18-15(11-14)16(20)19-13-6-4-12(2)5-7-13/h4-8,10-11H,3,9H2,1-2H3,(H,17,18)(H,19,20). The smallest absolute Gasteiger partial charge is 0.274 e. The minimum atomic E-state index is -0.200. The van der Waals surface area contributed by atoms with Gasteiger partial charge in [0, 0.05) is 24.1 Å². The Morgan fingerprint density at radius 2 is 1.90 bits per heavy atom. The van der Waals surface area contributed by atoms with Gasteiger partial charge in [0.2, 0.25) is 0 Å². The number of hydrogen-bond donors (Lipinski definition) is 2. The van der Waals surface area contributed by atoms with Gasteiger partial charge in [-0.05, 0) is 37.6 Å². The zero-order valence-corrected chi connectivity index (χ0v) is 11.8. The molecule has 0 bridgehead atoms. The molecule has 1 aromatic carbocycles. The summed E-state index contributed by atoms with van der Waals surface area (Å²) < 4.78 is 0. The molecule has 0 radical (unpaired) electrons. The van der Waals surface area contributed by atoms with Crippen LogP contribution in [-0.2, 0) is 0 Å². The van der Waals surface area contributed by atoms with Gasteiger partial charge in [-0.2, -0.15) is 0 Å². The minimum Gasteiger partial charge on any atom is -0.385 e. The van der Waals surface area contributed by atoms with Crippen LogP contribution in [0.2, 0.25) is 0 Å². The van der Waals surface area contributed by atoms with Crippen LogP contribution in [0.5, 0.6) is 0 Å². The highest BCUT2D eigenvalue weighted by Crippen LogP contribution is 2.12. The largest absolute Gasteiger partial charge is 0.385 e. The van der Waals surface area contributed by atoms with E-state index in [1.165, 1.54) is 0 Å². The zero-order chi connectivity index (χ0) is 14.4. The summed E-state index contributed by atoms with van der Waals surface area (Å²) in [5, 5.41) is 6.08. The van der Waals surface area contributed by atoms with Gasteiger partial charge in [0.25, 0.3) is 5.91 Å². The SMILES string of the molecule is CCCNc1ccnc(C(=O)Nc2ccc(C)cc2)c1. The summed E-state index contributed by atoms with van der Waals surface area (Å²) >= 11 is 0. The number of aromatic nitrogens is 1. The molecule has 0 fully saturated rings. The molecule has 4 heteroatoms. The van der Waals surface area contributed by atoms with Crippen LogP contribution >= 0.6 is 0 Å². The lowest BCUT2D eigenvalue weighted by Crippen LogP contribution is -2.14. The fraction of sp³-hybridized carbons (Fsp3) is 0.250. The van der Waals surface area contributed by atoms with Gasteiger partial charge in [-0.1, -0.05) is 24.6 Å². The molecule has 0 spiro atoms. The molecule has 20 heavy (non-hydrogen) atoms. The molecule has 0 saturated carbocycles. The number of rotatable bonds is 5. The van der Waals surface area contributed by atoms with Gasteiger partial charge < -0.3 is 10.6 Å². The first kappa shape index (κ1) is 14.1. The lowest BCUT2D eigenvalue weighted by Gasteiger charge is -2.08. The number of nitrogens with zero attached hydrogens (tertiary/aromatic N) is 1. The molecule has 0 aliphatic rings. The fourth-order valence-electron chi connectivity index (χ4n) is 1.77. The Hall–Kier alpha value is -2.36. The van der Waals surface area contributed by atoms with Gasteiger partial charge in [0.05, 0.1) is 0 Å². The van der Waals surface area contributed by atoms with Crippen LogP contribution in [0.15, 0.2) is 42.6 Å². The lowest BCUT2D eigenvalue weighted by molar-refractivity contribution is 0.102. The van der Waals surface area contributed by atoms with Crippen LogP contribution in [0, 0.1) is 6.92 Å². The van der Waals surface area contributed by atoms with Crippen LogP contribution in [0.25, 0.3) is 0 Å². The lowest BCUT2D eigenvalue weighted by atomic mass is 10.2. The molecule has 1 aromatic heterocycles. The van der Waals surface area contributed by atoms with E-state index in [1.807, 2.05) is 37.3 Å². The van der Waals surface area contributed by atoms with Crippen LogP contribution < -0.4 is 10.6 Å². The first-order valence-corrected chi connectivity index (χ1v) is 6.77. The summed E-state index contributed by atoms with van der Waals surface area (Å²) in [7, 11) is 0. The zero-order valence-electron chi connectivity index (χ0n) is 11.8. The number of nitrogens with one attached hydrogen (secondary N) is 2.